The van der Waals surface area contributed by atoms with Gasteiger partial charge in [0, 0.05) is 31.1 Å². The number of phenolic OH excluding ortho intramolecular Hbond substituents is 1. The Bertz CT molecular complexity index is 1010. The Kier molecular flexibility index (Phi) is 5.09. The second-order valence-electron chi connectivity index (χ2n) is 6.54. The lowest BCUT2D eigenvalue weighted by molar-refractivity contribution is 0.289. The molecule has 1 aliphatic rings. The Hall–Kier alpha value is -2.44. The number of hydrogen-bond donors (Lipinski definition) is 1. The van der Waals surface area contributed by atoms with Gasteiger partial charge in [0.2, 0.25) is 5.43 Å². The van der Waals surface area contributed by atoms with Crippen molar-refractivity contribution < 1.29 is 14.3 Å². The molecule has 0 spiro atoms. The number of hydrogen-bond acceptors (Lipinski definition) is 6. The van der Waals surface area contributed by atoms with Gasteiger partial charge in [0.15, 0.2) is 0 Å². The van der Waals surface area contributed by atoms with Crippen molar-refractivity contribution in [2.24, 2.45) is 0 Å². The van der Waals surface area contributed by atoms with Crippen molar-refractivity contribution in [1.82, 2.24) is 4.90 Å². The average molecular weight is 383 g/mol. The molecular formula is C21H21NO4S. The molecule has 3 aromatic rings. The molecule has 0 atom stereocenters. The molecular weight excluding hydrogens is 362 g/mol. The normalized spacial score (nSPS) is 15.1. The monoisotopic (exact) mass is 383 g/mol. The van der Waals surface area contributed by atoms with E-state index in [2.05, 4.69) is 4.90 Å². The molecule has 1 aromatic heterocycles. The molecule has 2 aromatic carbocycles. The second kappa shape index (κ2) is 7.66. The topological polar surface area (TPSA) is 62.9 Å². The van der Waals surface area contributed by atoms with E-state index in [1.54, 1.807) is 19.2 Å². The highest BCUT2D eigenvalue weighted by atomic mass is 32.2. The molecule has 0 radical (unpaired) electrons. The average Bonchev–Trinajstić information content (AvgIpc) is 2.71. The van der Waals surface area contributed by atoms with Crippen LogP contribution < -0.4 is 10.2 Å². The first-order valence-electron chi connectivity index (χ1n) is 8.88. The van der Waals surface area contributed by atoms with Crippen molar-refractivity contribution >= 4 is 22.7 Å². The summed E-state index contributed by atoms with van der Waals surface area (Å²) in [5, 5.41) is 10.9. The van der Waals surface area contributed by atoms with E-state index >= 15 is 0 Å². The minimum atomic E-state index is -0.100. The van der Waals surface area contributed by atoms with Crippen LogP contribution in [0.5, 0.6) is 11.5 Å². The summed E-state index contributed by atoms with van der Waals surface area (Å²) in [5.41, 5.74) is 2.32. The Morgan fingerprint density at radius 1 is 1.15 bits per heavy atom. The van der Waals surface area contributed by atoms with Crippen molar-refractivity contribution in [3.05, 3.63) is 58.4 Å². The summed E-state index contributed by atoms with van der Waals surface area (Å²) in [6.45, 7) is 2.51. The SMILES string of the molecule is COc1ccc(-c2coc3c(CN4CCSCC4)c(O)ccc3c2=O)cc1. The summed E-state index contributed by atoms with van der Waals surface area (Å²) in [6.07, 6.45) is 1.49. The van der Waals surface area contributed by atoms with Crippen molar-refractivity contribution in [2.45, 2.75) is 6.54 Å². The molecule has 2 heterocycles. The summed E-state index contributed by atoms with van der Waals surface area (Å²) >= 11 is 1.94. The first kappa shape index (κ1) is 17.9. The van der Waals surface area contributed by atoms with Gasteiger partial charge >= 0.3 is 0 Å². The van der Waals surface area contributed by atoms with E-state index in [-0.39, 0.29) is 11.2 Å². The number of thioether (sulfide) groups is 1. The smallest absolute Gasteiger partial charge is 0.200 e. The first-order chi connectivity index (χ1) is 13.2. The van der Waals surface area contributed by atoms with Crippen LogP contribution in [-0.2, 0) is 6.54 Å². The zero-order valence-corrected chi connectivity index (χ0v) is 15.9. The number of benzene rings is 2. The minimum absolute atomic E-state index is 0.100. The fourth-order valence-electron chi connectivity index (χ4n) is 3.35. The third kappa shape index (κ3) is 3.55. The van der Waals surface area contributed by atoms with Crippen molar-refractivity contribution in [3.8, 4) is 22.6 Å². The van der Waals surface area contributed by atoms with Crippen molar-refractivity contribution in [1.29, 1.82) is 0 Å². The maximum atomic E-state index is 13.0. The Balaban J connectivity index is 1.76. The van der Waals surface area contributed by atoms with Crippen molar-refractivity contribution in [3.63, 3.8) is 0 Å². The zero-order valence-electron chi connectivity index (χ0n) is 15.1. The molecule has 0 unspecified atom stereocenters. The minimum Gasteiger partial charge on any atom is -0.507 e. The van der Waals surface area contributed by atoms with Crippen LogP contribution in [0, 0.1) is 0 Å². The molecule has 0 bridgehead atoms. The Labute approximate surface area is 161 Å². The molecule has 1 aliphatic heterocycles. The molecule has 140 valence electrons. The van der Waals surface area contributed by atoms with Gasteiger partial charge in [-0.3, -0.25) is 9.69 Å². The van der Waals surface area contributed by atoms with Crippen molar-refractivity contribution in [2.75, 3.05) is 31.7 Å². The zero-order chi connectivity index (χ0) is 18.8. The van der Waals surface area contributed by atoms with Crippen LogP contribution in [0.25, 0.3) is 22.1 Å². The van der Waals surface area contributed by atoms with Gasteiger partial charge in [-0.15, -0.1) is 0 Å². The Morgan fingerprint density at radius 2 is 1.89 bits per heavy atom. The van der Waals surface area contributed by atoms with Crippen LogP contribution in [0.4, 0.5) is 0 Å². The van der Waals surface area contributed by atoms with Gasteiger partial charge in [-0.05, 0) is 29.8 Å². The maximum absolute atomic E-state index is 13.0. The molecule has 4 rings (SSSR count). The first-order valence-corrected chi connectivity index (χ1v) is 10.0. The number of phenols is 1. The van der Waals surface area contributed by atoms with Crippen LogP contribution in [0.2, 0.25) is 0 Å². The van der Waals surface area contributed by atoms with Crippen LogP contribution >= 0.6 is 11.8 Å². The molecule has 0 amide bonds. The summed E-state index contributed by atoms with van der Waals surface area (Å²) < 4.78 is 11.0. The van der Waals surface area contributed by atoms with E-state index < -0.39 is 0 Å². The van der Waals surface area contributed by atoms with Gasteiger partial charge in [0.1, 0.15) is 23.3 Å². The summed E-state index contributed by atoms with van der Waals surface area (Å²) in [6, 6.07) is 10.5. The van der Waals surface area contributed by atoms with Gasteiger partial charge in [-0.2, -0.15) is 11.8 Å². The second-order valence-corrected chi connectivity index (χ2v) is 7.76. The van der Waals surface area contributed by atoms with Gasteiger partial charge in [-0.1, -0.05) is 12.1 Å². The van der Waals surface area contributed by atoms with E-state index in [4.69, 9.17) is 9.15 Å². The van der Waals surface area contributed by atoms with Crippen LogP contribution in [0.3, 0.4) is 0 Å². The molecule has 0 aliphatic carbocycles. The van der Waals surface area contributed by atoms with E-state index in [9.17, 15) is 9.90 Å². The third-order valence-corrected chi connectivity index (χ3v) is 5.85. The highest BCUT2D eigenvalue weighted by Crippen LogP contribution is 2.30. The summed E-state index contributed by atoms with van der Waals surface area (Å²) in [4.78, 5) is 15.3. The largest absolute Gasteiger partial charge is 0.507 e. The van der Waals surface area contributed by atoms with Crippen LogP contribution in [0.15, 0.2) is 51.9 Å². The number of methoxy groups -OCH3 is 1. The van der Waals surface area contributed by atoms with Crippen LogP contribution in [-0.4, -0.2) is 41.7 Å². The predicted molar refractivity (Wildman–Crippen MR) is 109 cm³/mol. The summed E-state index contributed by atoms with van der Waals surface area (Å²) in [7, 11) is 1.61. The lowest BCUT2D eigenvalue weighted by Gasteiger charge is -2.26. The van der Waals surface area contributed by atoms with Gasteiger partial charge < -0.3 is 14.3 Å². The molecule has 27 heavy (non-hydrogen) atoms. The van der Waals surface area contributed by atoms with Crippen LogP contribution in [0.1, 0.15) is 5.56 Å². The van der Waals surface area contributed by atoms with E-state index in [1.165, 1.54) is 6.26 Å². The molecule has 1 N–H and O–H groups in total. The lowest BCUT2D eigenvalue weighted by Crippen LogP contribution is -2.32. The highest BCUT2D eigenvalue weighted by molar-refractivity contribution is 7.99. The standard InChI is InChI=1S/C21H21NO4S/c1-25-15-4-2-14(3-5-15)18-13-26-21-16(20(18)24)6-7-19(23)17(21)12-22-8-10-27-11-9-22/h2-7,13,23H,8-12H2,1H3. The van der Waals surface area contributed by atoms with E-state index in [0.717, 1.165) is 35.9 Å². The Morgan fingerprint density at radius 3 is 2.59 bits per heavy atom. The maximum Gasteiger partial charge on any atom is 0.200 e. The molecule has 1 saturated heterocycles. The molecule has 5 nitrogen and oxygen atoms in total. The number of aromatic hydroxyl groups is 1. The van der Waals surface area contributed by atoms with Gasteiger partial charge in [-0.25, -0.2) is 0 Å². The number of nitrogens with zero attached hydrogens (tertiary/aromatic N) is 1. The summed E-state index contributed by atoms with van der Waals surface area (Å²) in [5.74, 6) is 3.06. The highest BCUT2D eigenvalue weighted by Gasteiger charge is 2.19. The number of ether oxygens (including phenoxy) is 1. The molecule has 6 heteroatoms. The molecule has 0 saturated carbocycles. The number of rotatable bonds is 4. The van der Waals surface area contributed by atoms with Gasteiger partial charge in [0.05, 0.1) is 23.6 Å². The fourth-order valence-corrected chi connectivity index (χ4v) is 4.33. The molecule has 1 fully saturated rings. The predicted octanol–water partition coefficient (Wildman–Crippen LogP) is 3.72. The van der Waals surface area contributed by atoms with E-state index in [0.29, 0.717) is 28.6 Å². The van der Waals surface area contributed by atoms with E-state index in [1.807, 2.05) is 36.0 Å². The number of fused-ring (bicyclic) bond motifs is 1. The lowest BCUT2D eigenvalue weighted by atomic mass is 10.0. The third-order valence-electron chi connectivity index (χ3n) is 4.91. The fraction of sp³-hybridized carbons (Fsp3) is 0.286. The van der Waals surface area contributed by atoms with Gasteiger partial charge in [0.25, 0.3) is 0 Å². The quantitative estimate of drug-likeness (QED) is 0.741.